The molecule has 12 heavy (non-hydrogen) atoms. The number of hydrogen-bond donors (Lipinski definition) is 0. The maximum absolute atomic E-state index is 5.44. The molecule has 2 heterocycles. The minimum absolute atomic E-state index is 0.336. The highest BCUT2D eigenvalue weighted by Gasteiger charge is 2.17. The summed E-state index contributed by atoms with van der Waals surface area (Å²) in [6.45, 7) is 4.85. The van der Waals surface area contributed by atoms with Gasteiger partial charge in [0.1, 0.15) is 0 Å². The van der Waals surface area contributed by atoms with Crippen LogP contribution in [-0.4, -0.2) is 30.8 Å². The summed E-state index contributed by atoms with van der Waals surface area (Å²) in [5.41, 5.74) is 0. The summed E-state index contributed by atoms with van der Waals surface area (Å²) >= 11 is 1.69. The third kappa shape index (κ3) is 1.59. The van der Waals surface area contributed by atoms with Crippen molar-refractivity contribution in [1.82, 2.24) is 4.98 Å². The lowest BCUT2D eigenvalue weighted by Gasteiger charge is -2.30. The van der Waals surface area contributed by atoms with Crippen LogP contribution in [0.3, 0.4) is 0 Å². The molecule has 1 aromatic rings. The van der Waals surface area contributed by atoms with Gasteiger partial charge in [0, 0.05) is 24.7 Å². The van der Waals surface area contributed by atoms with Crippen LogP contribution in [0.2, 0.25) is 0 Å². The lowest BCUT2D eigenvalue weighted by molar-refractivity contribution is 0.0532. The first-order valence-electron chi connectivity index (χ1n) is 4.12. The van der Waals surface area contributed by atoms with Gasteiger partial charge in [0.25, 0.3) is 0 Å². The van der Waals surface area contributed by atoms with Crippen LogP contribution < -0.4 is 4.90 Å². The molecule has 4 heteroatoms. The Hall–Kier alpha value is -0.610. The molecule has 1 atom stereocenters. The average Bonchev–Trinajstić information content (AvgIpc) is 2.56. The molecule has 0 aliphatic carbocycles. The molecule has 0 bridgehead atoms. The van der Waals surface area contributed by atoms with Gasteiger partial charge in [0.15, 0.2) is 5.13 Å². The highest BCUT2D eigenvalue weighted by Crippen LogP contribution is 2.19. The van der Waals surface area contributed by atoms with Gasteiger partial charge in [-0.2, -0.15) is 0 Å². The number of thiazole rings is 1. The summed E-state index contributed by atoms with van der Waals surface area (Å²) in [6.07, 6.45) is 2.18. The smallest absolute Gasteiger partial charge is 0.185 e. The van der Waals surface area contributed by atoms with Crippen LogP contribution in [-0.2, 0) is 4.74 Å². The predicted octanol–water partition coefficient (Wildman–Crippen LogP) is 1.37. The maximum atomic E-state index is 5.44. The molecule has 1 aromatic heterocycles. The van der Waals surface area contributed by atoms with Gasteiger partial charge < -0.3 is 9.64 Å². The molecule has 1 saturated heterocycles. The molecule has 0 aromatic carbocycles. The van der Waals surface area contributed by atoms with Crippen LogP contribution in [0.25, 0.3) is 0 Å². The largest absolute Gasteiger partial charge is 0.375 e. The Kier molecular flexibility index (Phi) is 2.28. The van der Waals surface area contributed by atoms with Crippen molar-refractivity contribution < 1.29 is 4.74 Å². The fraction of sp³-hybridized carbons (Fsp3) is 0.625. The van der Waals surface area contributed by atoms with Gasteiger partial charge in [-0.1, -0.05) is 0 Å². The normalized spacial score (nSPS) is 24.4. The van der Waals surface area contributed by atoms with E-state index in [1.807, 2.05) is 11.6 Å². The number of aromatic nitrogens is 1. The van der Waals surface area contributed by atoms with Crippen molar-refractivity contribution in [1.29, 1.82) is 0 Å². The van der Waals surface area contributed by atoms with E-state index in [1.165, 1.54) is 0 Å². The third-order valence-corrected chi connectivity index (χ3v) is 2.76. The second kappa shape index (κ2) is 3.41. The van der Waals surface area contributed by atoms with E-state index in [2.05, 4.69) is 16.8 Å². The Labute approximate surface area is 76.0 Å². The number of ether oxygens (including phenoxy) is 1. The number of nitrogens with zero attached hydrogens (tertiary/aromatic N) is 2. The molecular weight excluding hydrogens is 172 g/mol. The molecular formula is C8H12N2OS. The van der Waals surface area contributed by atoms with E-state index < -0.39 is 0 Å². The molecule has 1 aliphatic heterocycles. The van der Waals surface area contributed by atoms with Crippen molar-refractivity contribution in [3.05, 3.63) is 11.6 Å². The molecule has 0 saturated carbocycles. The van der Waals surface area contributed by atoms with Crippen molar-refractivity contribution in [2.45, 2.75) is 13.0 Å². The lowest BCUT2D eigenvalue weighted by Crippen LogP contribution is -2.41. The second-order valence-electron chi connectivity index (χ2n) is 2.94. The van der Waals surface area contributed by atoms with E-state index in [-0.39, 0.29) is 0 Å². The van der Waals surface area contributed by atoms with Gasteiger partial charge in [-0.3, -0.25) is 0 Å². The summed E-state index contributed by atoms with van der Waals surface area (Å²) in [4.78, 5) is 6.54. The maximum Gasteiger partial charge on any atom is 0.185 e. The minimum atomic E-state index is 0.336. The molecule has 0 amide bonds. The molecule has 0 N–H and O–H groups in total. The number of hydrogen-bond acceptors (Lipinski definition) is 4. The number of anilines is 1. The Morgan fingerprint density at radius 1 is 1.75 bits per heavy atom. The molecule has 1 unspecified atom stereocenters. The summed E-state index contributed by atoms with van der Waals surface area (Å²) in [7, 11) is 0. The van der Waals surface area contributed by atoms with E-state index >= 15 is 0 Å². The van der Waals surface area contributed by atoms with Crippen molar-refractivity contribution >= 4 is 16.5 Å². The van der Waals surface area contributed by atoms with Crippen LogP contribution in [0, 0.1) is 0 Å². The van der Waals surface area contributed by atoms with Gasteiger partial charge in [-0.25, -0.2) is 4.98 Å². The van der Waals surface area contributed by atoms with E-state index in [4.69, 9.17) is 4.74 Å². The molecule has 1 aliphatic rings. The van der Waals surface area contributed by atoms with Crippen LogP contribution >= 0.6 is 11.3 Å². The second-order valence-corrected chi connectivity index (χ2v) is 3.82. The summed E-state index contributed by atoms with van der Waals surface area (Å²) < 4.78 is 5.44. The minimum Gasteiger partial charge on any atom is -0.375 e. The Morgan fingerprint density at radius 3 is 3.33 bits per heavy atom. The molecule has 66 valence electrons. The average molecular weight is 184 g/mol. The van der Waals surface area contributed by atoms with Gasteiger partial charge in [-0.05, 0) is 6.92 Å². The molecule has 0 spiro atoms. The molecule has 2 rings (SSSR count). The third-order valence-electron chi connectivity index (χ3n) is 1.93. The first-order chi connectivity index (χ1) is 5.86. The zero-order chi connectivity index (χ0) is 8.39. The lowest BCUT2D eigenvalue weighted by atomic mass is 10.3. The van der Waals surface area contributed by atoms with Gasteiger partial charge in [-0.15, -0.1) is 11.3 Å². The van der Waals surface area contributed by atoms with Crippen LogP contribution in [0.1, 0.15) is 6.92 Å². The SMILES string of the molecule is CC1CN(c2nccs2)CCO1. The summed E-state index contributed by atoms with van der Waals surface area (Å²) in [6, 6.07) is 0. The highest BCUT2D eigenvalue weighted by molar-refractivity contribution is 7.13. The summed E-state index contributed by atoms with van der Waals surface area (Å²) in [5, 5.41) is 3.13. The van der Waals surface area contributed by atoms with E-state index in [0.29, 0.717) is 6.10 Å². The van der Waals surface area contributed by atoms with Gasteiger partial charge in [0.05, 0.1) is 12.7 Å². The number of morpholine rings is 1. The van der Waals surface area contributed by atoms with Crippen LogP contribution in [0.15, 0.2) is 11.6 Å². The van der Waals surface area contributed by atoms with E-state index in [9.17, 15) is 0 Å². The van der Waals surface area contributed by atoms with Crippen molar-refractivity contribution in [2.24, 2.45) is 0 Å². The Balaban J connectivity index is 2.04. The first kappa shape index (κ1) is 8.01. The van der Waals surface area contributed by atoms with Crippen molar-refractivity contribution in [2.75, 3.05) is 24.6 Å². The summed E-state index contributed by atoms with van der Waals surface area (Å²) in [5.74, 6) is 0. The highest BCUT2D eigenvalue weighted by atomic mass is 32.1. The van der Waals surface area contributed by atoms with Crippen LogP contribution in [0.4, 0.5) is 5.13 Å². The number of rotatable bonds is 1. The Morgan fingerprint density at radius 2 is 2.67 bits per heavy atom. The molecule has 1 fully saturated rings. The predicted molar refractivity (Wildman–Crippen MR) is 49.7 cm³/mol. The van der Waals surface area contributed by atoms with Gasteiger partial charge in [0.2, 0.25) is 0 Å². The fourth-order valence-corrected chi connectivity index (χ4v) is 2.04. The van der Waals surface area contributed by atoms with E-state index in [1.54, 1.807) is 11.3 Å². The van der Waals surface area contributed by atoms with E-state index in [0.717, 1.165) is 24.8 Å². The monoisotopic (exact) mass is 184 g/mol. The first-order valence-corrected chi connectivity index (χ1v) is 5.00. The quantitative estimate of drug-likeness (QED) is 0.659. The Bertz CT molecular complexity index is 237. The van der Waals surface area contributed by atoms with Crippen molar-refractivity contribution in [3.63, 3.8) is 0 Å². The molecule has 0 radical (unpaired) electrons. The fourth-order valence-electron chi connectivity index (χ4n) is 1.36. The standard InChI is InChI=1S/C8H12N2OS/c1-7-6-10(3-4-11-7)8-9-2-5-12-8/h2,5,7H,3-4,6H2,1H3. The zero-order valence-corrected chi connectivity index (χ0v) is 7.88. The van der Waals surface area contributed by atoms with Crippen molar-refractivity contribution in [3.8, 4) is 0 Å². The zero-order valence-electron chi connectivity index (χ0n) is 7.06. The van der Waals surface area contributed by atoms with Gasteiger partial charge >= 0.3 is 0 Å². The van der Waals surface area contributed by atoms with Crippen LogP contribution in [0.5, 0.6) is 0 Å². The topological polar surface area (TPSA) is 25.4 Å². The molecule has 3 nitrogen and oxygen atoms in total.